The number of nitrogens with zero attached hydrogens (tertiary/aromatic N) is 1. The number of hydrogen-bond donors (Lipinski definition) is 2. The van der Waals surface area contributed by atoms with Crippen LogP contribution in [0.25, 0.3) is 0 Å². The Bertz CT molecular complexity index is 790. The van der Waals surface area contributed by atoms with Crippen LogP contribution in [0.2, 0.25) is 10.0 Å². The molecule has 9 heteroatoms. The molecule has 3 rings (SSSR count). The first-order chi connectivity index (χ1) is 13.3. The molecular weight excluding hydrogens is 421 g/mol. The summed E-state index contributed by atoms with van der Waals surface area (Å²) >= 11 is 11.9. The minimum atomic E-state index is -3.44. The van der Waals surface area contributed by atoms with E-state index in [1.54, 1.807) is 18.2 Å². The van der Waals surface area contributed by atoms with Crippen LogP contribution >= 0.6 is 23.2 Å². The van der Waals surface area contributed by atoms with Crippen molar-refractivity contribution in [2.75, 3.05) is 13.1 Å². The number of rotatable bonds is 5. The molecule has 2 amide bonds. The van der Waals surface area contributed by atoms with Gasteiger partial charge in [-0.2, -0.15) is 0 Å². The van der Waals surface area contributed by atoms with Crippen LogP contribution in [0.15, 0.2) is 18.2 Å². The van der Waals surface area contributed by atoms with Crippen molar-refractivity contribution < 1.29 is 13.2 Å². The van der Waals surface area contributed by atoms with Gasteiger partial charge in [0, 0.05) is 25.2 Å². The lowest BCUT2D eigenvalue weighted by atomic mass is 9.96. The standard InChI is InChI=1S/C19H27Cl2N3O3S/c20-17-7-6-14(12-18(17)21)13-28(26,27)24-10-8-16(9-11-24)23-19(25)22-15-4-2-1-3-5-15/h6-7,12,15-16H,1-5,8-11,13H2,(H2,22,23,25). The number of carbonyl (C=O) groups excluding carboxylic acids is 1. The molecule has 0 bridgehead atoms. The Morgan fingerprint density at radius 1 is 0.964 bits per heavy atom. The third-order valence-corrected chi connectivity index (χ3v) is 8.05. The predicted molar refractivity (Wildman–Crippen MR) is 112 cm³/mol. The van der Waals surface area contributed by atoms with Gasteiger partial charge in [0.2, 0.25) is 10.0 Å². The second-order valence-electron chi connectivity index (χ2n) is 7.63. The van der Waals surface area contributed by atoms with Gasteiger partial charge >= 0.3 is 6.03 Å². The van der Waals surface area contributed by atoms with Gasteiger partial charge in [-0.15, -0.1) is 0 Å². The normalized spacial score (nSPS) is 20.1. The highest BCUT2D eigenvalue weighted by Crippen LogP contribution is 2.25. The maximum atomic E-state index is 12.7. The summed E-state index contributed by atoms with van der Waals surface area (Å²) in [5, 5.41) is 6.80. The van der Waals surface area contributed by atoms with Crippen molar-refractivity contribution in [2.24, 2.45) is 0 Å². The van der Waals surface area contributed by atoms with Gasteiger partial charge in [0.15, 0.2) is 0 Å². The van der Waals surface area contributed by atoms with Crippen molar-refractivity contribution in [2.45, 2.75) is 62.8 Å². The number of urea groups is 1. The summed E-state index contributed by atoms with van der Waals surface area (Å²) < 4.78 is 26.9. The Kier molecular flexibility index (Phi) is 7.48. The molecule has 2 N–H and O–H groups in total. The van der Waals surface area contributed by atoms with Gasteiger partial charge in [-0.3, -0.25) is 0 Å². The van der Waals surface area contributed by atoms with Crippen LogP contribution in [0.4, 0.5) is 4.79 Å². The number of nitrogens with one attached hydrogen (secondary N) is 2. The summed E-state index contributed by atoms with van der Waals surface area (Å²) in [5.74, 6) is -0.107. The van der Waals surface area contributed by atoms with Gasteiger partial charge < -0.3 is 10.6 Å². The molecule has 1 aliphatic heterocycles. The number of hydrogen-bond acceptors (Lipinski definition) is 3. The molecule has 0 radical (unpaired) electrons. The zero-order valence-electron chi connectivity index (χ0n) is 15.8. The molecule has 28 heavy (non-hydrogen) atoms. The molecule has 2 fully saturated rings. The van der Waals surface area contributed by atoms with Gasteiger partial charge in [-0.05, 0) is 43.4 Å². The lowest BCUT2D eigenvalue weighted by Gasteiger charge is -2.32. The van der Waals surface area contributed by atoms with Gasteiger partial charge in [-0.1, -0.05) is 48.5 Å². The van der Waals surface area contributed by atoms with Crippen molar-refractivity contribution in [3.05, 3.63) is 33.8 Å². The van der Waals surface area contributed by atoms with Gasteiger partial charge in [0.25, 0.3) is 0 Å². The Morgan fingerprint density at radius 2 is 1.57 bits per heavy atom. The monoisotopic (exact) mass is 447 g/mol. The number of carbonyl (C=O) groups is 1. The smallest absolute Gasteiger partial charge is 0.315 e. The molecule has 2 aliphatic rings. The average molecular weight is 448 g/mol. The topological polar surface area (TPSA) is 78.5 Å². The molecular formula is C19H27Cl2N3O3S. The van der Waals surface area contributed by atoms with Gasteiger partial charge in [-0.25, -0.2) is 17.5 Å². The summed E-state index contributed by atoms with van der Waals surface area (Å²) in [6.45, 7) is 0.802. The lowest BCUT2D eigenvalue weighted by molar-refractivity contribution is 0.220. The molecule has 1 aromatic carbocycles. The number of amides is 2. The van der Waals surface area contributed by atoms with Crippen LogP contribution in [-0.2, 0) is 15.8 Å². The van der Waals surface area contributed by atoms with E-state index in [0.717, 1.165) is 12.8 Å². The molecule has 1 aliphatic carbocycles. The van der Waals surface area contributed by atoms with Crippen LogP contribution in [0, 0.1) is 0 Å². The number of sulfonamides is 1. The third kappa shape index (κ3) is 5.99. The van der Waals surface area contributed by atoms with E-state index in [9.17, 15) is 13.2 Å². The van der Waals surface area contributed by atoms with Crippen molar-refractivity contribution in [1.82, 2.24) is 14.9 Å². The summed E-state index contributed by atoms with van der Waals surface area (Å²) in [6.07, 6.45) is 6.88. The molecule has 0 unspecified atom stereocenters. The minimum absolute atomic E-state index is 0.0000156. The van der Waals surface area contributed by atoms with Crippen LogP contribution in [-0.4, -0.2) is 43.9 Å². The van der Waals surface area contributed by atoms with Crippen LogP contribution < -0.4 is 10.6 Å². The summed E-state index contributed by atoms with van der Waals surface area (Å²) in [7, 11) is -3.44. The predicted octanol–water partition coefficient (Wildman–Crippen LogP) is 3.92. The molecule has 0 aromatic heterocycles. The molecule has 1 saturated carbocycles. The number of halogens is 2. The first-order valence-corrected chi connectivity index (χ1v) is 12.2. The van der Waals surface area contributed by atoms with E-state index < -0.39 is 10.0 Å². The molecule has 1 aromatic rings. The molecule has 1 heterocycles. The van der Waals surface area contributed by atoms with E-state index in [1.807, 2.05) is 0 Å². The highest BCUT2D eigenvalue weighted by molar-refractivity contribution is 7.88. The zero-order chi connectivity index (χ0) is 20.1. The maximum absolute atomic E-state index is 12.7. The quantitative estimate of drug-likeness (QED) is 0.717. The second kappa shape index (κ2) is 9.65. The van der Waals surface area contributed by atoms with Crippen LogP contribution in [0.3, 0.4) is 0 Å². The summed E-state index contributed by atoms with van der Waals surface area (Å²) in [6, 6.07) is 5.00. The van der Waals surface area contributed by atoms with Crippen LogP contribution in [0.5, 0.6) is 0 Å². The number of benzene rings is 1. The largest absolute Gasteiger partial charge is 0.335 e. The highest BCUT2D eigenvalue weighted by atomic mass is 35.5. The fourth-order valence-electron chi connectivity index (χ4n) is 3.87. The van der Waals surface area contributed by atoms with Crippen molar-refractivity contribution >= 4 is 39.3 Å². The van der Waals surface area contributed by atoms with Gasteiger partial charge in [0.1, 0.15) is 0 Å². The Balaban J connectivity index is 1.47. The summed E-state index contributed by atoms with van der Waals surface area (Å²) in [5.41, 5.74) is 0.613. The Morgan fingerprint density at radius 3 is 2.18 bits per heavy atom. The van der Waals surface area contributed by atoms with E-state index in [2.05, 4.69) is 10.6 Å². The fourth-order valence-corrected chi connectivity index (χ4v) is 5.74. The molecule has 0 atom stereocenters. The SMILES string of the molecule is O=C(NC1CCCCC1)NC1CCN(S(=O)(=O)Cc2ccc(Cl)c(Cl)c2)CC1. The lowest BCUT2D eigenvalue weighted by Crippen LogP contribution is -2.51. The third-order valence-electron chi connectivity index (χ3n) is 5.46. The van der Waals surface area contributed by atoms with E-state index in [4.69, 9.17) is 23.2 Å². The van der Waals surface area contributed by atoms with Crippen molar-refractivity contribution in [1.29, 1.82) is 0 Å². The minimum Gasteiger partial charge on any atom is -0.335 e. The van der Waals surface area contributed by atoms with Crippen LogP contribution in [0.1, 0.15) is 50.5 Å². The second-order valence-corrected chi connectivity index (χ2v) is 10.4. The van der Waals surface area contributed by atoms with E-state index in [1.165, 1.54) is 23.6 Å². The van der Waals surface area contributed by atoms with E-state index in [-0.39, 0.29) is 23.9 Å². The maximum Gasteiger partial charge on any atom is 0.315 e. The molecule has 156 valence electrons. The number of piperidine rings is 1. The first-order valence-electron chi connectivity index (χ1n) is 9.82. The zero-order valence-corrected chi connectivity index (χ0v) is 18.1. The highest BCUT2D eigenvalue weighted by Gasteiger charge is 2.29. The van der Waals surface area contributed by atoms with E-state index in [0.29, 0.717) is 41.5 Å². The average Bonchev–Trinajstić information content (AvgIpc) is 2.66. The van der Waals surface area contributed by atoms with E-state index >= 15 is 0 Å². The first kappa shape index (κ1) is 21.7. The van der Waals surface area contributed by atoms with Gasteiger partial charge in [0.05, 0.1) is 15.8 Å². The van der Waals surface area contributed by atoms with Crippen molar-refractivity contribution in [3.63, 3.8) is 0 Å². The molecule has 1 saturated heterocycles. The Hall–Kier alpha value is -1.02. The fraction of sp³-hybridized carbons (Fsp3) is 0.632. The van der Waals surface area contributed by atoms with Crippen molar-refractivity contribution in [3.8, 4) is 0 Å². The molecule has 0 spiro atoms. The Labute approximate surface area is 177 Å². The summed E-state index contributed by atoms with van der Waals surface area (Å²) in [4.78, 5) is 12.2. The molecule has 6 nitrogen and oxygen atoms in total.